The van der Waals surface area contributed by atoms with Crippen LogP contribution in [0.3, 0.4) is 0 Å². The van der Waals surface area contributed by atoms with Gasteiger partial charge < -0.3 is 19.3 Å². The third-order valence-corrected chi connectivity index (χ3v) is 5.29. The van der Waals surface area contributed by atoms with Crippen molar-refractivity contribution in [1.29, 1.82) is 0 Å². The predicted octanol–water partition coefficient (Wildman–Crippen LogP) is 2.16. The number of carbonyl (C=O) groups is 1. The van der Waals surface area contributed by atoms with Gasteiger partial charge in [0.1, 0.15) is 11.5 Å². The third kappa shape index (κ3) is 3.39. The van der Waals surface area contributed by atoms with E-state index in [4.69, 9.17) is 9.47 Å². The lowest BCUT2D eigenvalue weighted by Gasteiger charge is -2.27. The first kappa shape index (κ1) is 16.4. The van der Waals surface area contributed by atoms with Crippen molar-refractivity contribution >= 4 is 5.91 Å². The van der Waals surface area contributed by atoms with Crippen LogP contribution in [0.1, 0.15) is 32.1 Å². The van der Waals surface area contributed by atoms with Gasteiger partial charge in [-0.1, -0.05) is 0 Å². The molecule has 1 aliphatic carbocycles. The Kier molecular flexibility index (Phi) is 4.95. The highest BCUT2D eigenvalue weighted by Gasteiger charge is 2.45. The van der Waals surface area contributed by atoms with Gasteiger partial charge in [-0.2, -0.15) is 0 Å². The van der Waals surface area contributed by atoms with Gasteiger partial charge in [-0.3, -0.25) is 4.79 Å². The van der Waals surface area contributed by atoms with Crippen molar-refractivity contribution in [1.82, 2.24) is 9.80 Å². The van der Waals surface area contributed by atoms with Crippen LogP contribution in [0.25, 0.3) is 0 Å². The third-order valence-electron chi connectivity index (χ3n) is 5.29. The van der Waals surface area contributed by atoms with E-state index in [2.05, 4.69) is 4.90 Å². The van der Waals surface area contributed by atoms with Crippen molar-refractivity contribution < 1.29 is 14.3 Å². The van der Waals surface area contributed by atoms with E-state index < -0.39 is 5.41 Å². The SMILES string of the molecule is COC1=CC2(C=C(OC)C1)CCN(CCCN1CCCC1)C2=O. The first-order valence-electron chi connectivity index (χ1n) is 8.70. The molecule has 0 aromatic rings. The maximum absolute atomic E-state index is 12.9. The van der Waals surface area contributed by atoms with E-state index in [9.17, 15) is 4.79 Å². The standard InChI is InChI=1S/C18H28N2O3/c1-22-15-12-16(23-2)14-18(13-15)6-11-20(17(18)21)10-5-9-19-7-3-4-8-19/h13-14H,3-12H2,1-2H3. The molecule has 2 fully saturated rings. The summed E-state index contributed by atoms with van der Waals surface area (Å²) in [5.74, 6) is 1.86. The molecule has 2 saturated heterocycles. The van der Waals surface area contributed by atoms with Crippen molar-refractivity contribution in [3.8, 4) is 0 Å². The molecule has 2 heterocycles. The Bertz CT molecular complexity index is 486. The fraction of sp³-hybridized carbons (Fsp3) is 0.722. The maximum atomic E-state index is 12.9. The molecule has 128 valence electrons. The average Bonchev–Trinajstić information content (AvgIpc) is 3.18. The van der Waals surface area contributed by atoms with E-state index in [1.807, 2.05) is 17.1 Å². The molecule has 23 heavy (non-hydrogen) atoms. The number of carbonyl (C=O) groups excluding carboxylic acids is 1. The second-order valence-electron chi connectivity index (χ2n) is 6.79. The molecule has 2 aliphatic heterocycles. The summed E-state index contributed by atoms with van der Waals surface area (Å²) < 4.78 is 10.8. The Hall–Kier alpha value is -1.49. The number of amides is 1. The molecule has 3 aliphatic rings. The molecule has 0 radical (unpaired) electrons. The molecular weight excluding hydrogens is 292 g/mol. The number of ether oxygens (including phenoxy) is 2. The van der Waals surface area contributed by atoms with Crippen LogP contribution in [0.4, 0.5) is 0 Å². The Morgan fingerprint density at radius 2 is 1.70 bits per heavy atom. The molecule has 5 heteroatoms. The largest absolute Gasteiger partial charge is 0.501 e. The molecule has 0 N–H and O–H groups in total. The van der Waals surface area contributed by atoms with Gasteiger partial charge in [0.15, 0.2) is 0 Å². The summed E-state index contributed by atoms with van der Waals surface area (Å²) in [6.07, 6.45) is 9.15. The summed E-state index contributed by atoms with van der Waals surface area (Å²) in [6, 6.07) is 0. The normalized spacial score (nSPS) is 24.1. The van der Waals surface area contributed by atoms with Crippen molar-refractivity contribution in [2.24, 2.45) is 5.41 Å². The Labute approximate surface area is 138 Å². The fourth-order valence-corrected chi connectivity index (χ4v) is 3.95. The predicted molar refractivity (Wildman–Crippen MR) is 88.7 cm³/mol. The van der Waals surface area contributed by atoms with Gasteiger partial charge in [0.05, 0.1) is 26.1 Å². The molecule has 1 spiro atoms. The molecule has 0 aromatic heterocycles. The molecule has 0 aromatic carbocycles. The van der Waals surface area contributed by atoms with Gasteiger partial charge in [-0.15, -0.1) is 0 Å². The molecule has 1 amide bonds. The van der Waals surface area contributed by atoms with Crippen molar-refractivity contribution in [3.05, 3.63) is 23.7 Å². The first-order valence-corrected chi connectivity index (χ1v) is 8.70. The minimum atomic E-state index is -0.553. The summed E-state index contributed by atoms with van der Waals surface area (Å²) in [6.45, 7) is 5.22. The monoisotopic (exact) mass is 320 g/mol. The van der Waals surface area contributed by atoms with Gasteiger partial charge in [-0.05, 0) is 57.5 Å². The van der Waals surface area contributed by atoms with Crippen LogP contribution in [0.15, 0.2) is 23.7 Å². The number of rotatable bonds is 6. The molecule has 3 rings (SSSR count). The number of hydrogen-bond donors (Lipinski definition) is 0. The van der Waals surface area contributed by atoms with Crippen LogP contribution in [-0.4, -0.2) is 62.7 Å². The van der Waals surface area contributed by atoms with Crippen molar-refractivity contribution in [2.75, 3.05) is 46.9 Å². The molecule has 5 nitrogen and oxygen atoms in total. The fourth-order valence-electron chi connectivity index (χ4n) is 3.95. The molecule has 0 bridgehead atoms. The number of nitrogens with zero attached hydrogens (tertiary/aromatic N) is 2. The van der Waals surface area contributed by atoms with Crippen LogP contribution >= 0.6 is 0 Å². The van der Waals surface area contributed by atoms with Gasteiger partial charge >= 0.3 is 0 Å². The lowest BCUT2D eigenvalue weighted by atomic mass is 9.81. The second kappa shape index (κ2) is 6.95. The van der Waals surface area contributed by atoms with E-state index in [1.165, 1.54) is 25.9 Å². The minimum absolute atomic E-state index is 0.197. The zero-order chi connectivity index (χ0) is 16.3. The van der Waals surface area contributed by atoms with Crippen LogP contribution in [0.2, 0.25) is 0 Å². The van der Waals surface area contributed by atoms with Crippen molar-refractivity contribution in [3.63, 3.8) is 0 Å². The van der Waals surface area contributed by atoms with Crippen LogP contribution < -0.4 is 0 Å². The molecule has 0 unspecified atom stereocenters. The number of hydrogen-bond acceptors (Lipinski definition) is 4. The second-order valence-corrected chi connectivity index (χ2v) is 6.79. The number of likely N-dealkylation sites (tertiary alicyclic amines) is 2. The quantitative estimate of drug-likeness (QED) is 0.752. The highest BCUT2D eigenvalue weighted by Crippen LogP contribution is 2.41. The van der Waals surface area contributed by atoms with E-state index in [1.54, 1.807) is 14.2 Å². The smallest absolute Gasteiger partial charge is 0.236 e. The molecule has 0 atom stereocenters. The van der Waals surface area contributed by atoms with Crippen LogP contribution in [-0.2, 0) is 14.3 Å². The highest BCUT2D eigenvalue weighted by molar-refractivity contribution is 5.89. The topological polar surface area (TPSA) is 42.0 Å². The van der Waals surface area contributed by atoms with E-state index >= 15 is 0 Å². The highest BCUT2D eigenvalue weighted by atomic mass is 16.5. The van der Waals surface area contributed by atoms with E-state index in [0.717, 1.165) is 44.0 Å². The number of methoxy groups -OCH3 is 2. The Morgan fingerprint density at radius 3 is 2.30 bits per heavy atom. The van der Waals surface area contributed by atoms with Gasteiger partial charge in [0, 0.05) is 13.1 Å². The summed E-state index contributed by atoms with van der Waals surface area (Å²) in [5.41, 5.74) is -0.553. The summed E-state index contributed by atoms with van der Waals surface area (Å²) in [4.78, 5) is 17.5. The van der Waals surface area contributed by atoms with Gasteiger partial charge in [0.25, 0.3) is 0 Å². The summed E-state index contributed by atoms with van der Waals surface area (Å²) in [5, 5.41) is 0. The molecular formula is C18H28N2O3. The van der Waals surface area contributed by atoms with Gasteiger partial charge in [-0.25, -0.2) is 0 Å². The van der Waals surface area contributed by atoms with Crippen LogP contribution in [0, 0.1) is 5.41 Å². The zero-order valence-corrected chi connectivity index (χ0v) is 14.3. The molecule has 0 saturated carbocycles. The van der Waals surface area contributed by atoms with E-state index in [0.29, 0.717) is 6.42 Å². The van der Waals surface area contributed by atoms with Gasteiger partial charge in [0.2, 0.25) is 5.91 Å². The lowest BCUT2D eigenvalue weighted by Crippen LogP contribution is -2.35. The zero-order valence-electron chi connectivity index (χ0n) is 14.3. The maximum Gasteiger partial charge on any atom is 0.236 e. The average molecular weight is 320 g/mol. The minimum Gasteiger partial charge on any atom is -0.501 e. The Morgan fingerprint density at radius 1 is 1.04 bits per heavy atom. The van der Waals surface area contributed by atoms with Crippen molar-refractivity contribution in [2.45, 2.75) is 32.1 Å². The van der Waals surface area contributed by atoms with Crippen LogP contribution in [0.5, 0.6) is 0 Å². The lowest BCUT2D eigenvalue weighted by molar-refractivity contribution is -0.132. The van der Waals surface area contributed by atoms with E-state index in [-0.39, 0.29) is 5.91 Å². The Balaban J connectivity index is 1.61. The first-order chi connectivity index (χ1) is 11.2. The summed E-state index contributed by atoms with van der Waals surface area (Å²) >= 11 is 0. The summed E-state index contributed by atoms with van der Waals surface area (Å²) in [7, 11) is 3.32.